The van der Waals surface area contributed by atoms with Gasteiger partial charge in [0.15, 0.2) is 0 Å². The number of ether oxygens (including phenoxy) is 2. The lowest BCUT2D eigenvalue weighted by atomic mass is 10.1. The standard InChI is InChI=1S/C13H14F3NO4/c14-13(15,16)21-10-3-1-9(2-4-10)7-17-5-6-20-8-11(17)12(18)19/h1-4,11H,5-8H2,(H,18,19). The van der Waals surface area contributed by atoms with Gasteiger partial charge in [0.05, 0.1) is 13.2 Å². The van der Waals surface area contributed by atoms with Crippen molar-refractivity contribution in [3.63, 3.8) is 0 Å². The first-order chi connectivity index (χ1) is 9.85. The number of morpholine rings is 1. The van der Waals surface area contributed by atoms with Crippen LogP contribution in [0, 0.1) is 0 Å². The van der Waals surface area contributed by atoms with Gasteiger partial charge in [0, 0.05) is 13.1 Å². The second-order valence-corrected chi connectivity index (χ2v) is 4.59. The van der Waals surface area contributed by atoms with Crippen LogP contribution in [0.1, 0.15) is 5.56 Å². The summed E-state index contributed by atoms with van der Waals surface area (Å²) in [5, 5.41) is 9.09. The summed E-state index contributed by atoms with van der Waals surface area (Å²) >= 11 is 0. The van der Waals surface area contributed by atoms with E-state index in [2.05, 4.69) is 4.74 Å². The van der Waals surface area contributed by atoms with E-state index in [1.807, 2.05) is 0 Å². The lowest BCUT2D eigenvalue weighted by Gasteiger charge is -2.32. The molecule has 21 heavy (non-hydrogen) atoms. The molecule has 8 heteroatoms. The molecule has 1 aliphatic heterocycles. The molecule has 0 bridgehead atoms. The van der Waals surface area contributed by atoms with Gasteiger partial charge in [-0.25, -0.2) is 0 Å². The summed E-state index contributed by atoms with van der Waals surface area (Å²) in [5.41, 5.74) is 0.706. The number of carboxylic acid groups (broad SMARTS) is 1. The number of nitrogens with zero attached hydrogens (tertiary/aromatic N) is 1. The number of alkyl halides is 3. The van der Waals surface area contributed by atoms with Crippen molar-refractivity contribution in [3.8, 4) is 5.75 Å². The van der Waals surface area contributed by atoms with Crippen molar-refractivity contribution >= 4 is 5.97 Å². The molecular formula is C13H14F3NO4. The van der Waals surface area contributed by atoms with Crippen LogP contribution in [0.2, 0.25) is 0 Å². The largest absolute Gasteiger partial charge is 0.573 e. The van der Waals surface area contributed by atoms with Crippen molar-refractivity contribution in [2.24, 2.45) is 0 Å². The summed E-state index contributed by atoms with van der Waals surface area (Å²) in [6.07, 6.45) is -4.72. The highest BCUT2D eigenvalue weighted by atomic mass is 19.4. The van der Waals surface area contributed by atoms with Crippen LogP contribution in [0.3, 0.4) is 0 Å². The van der Waals surface area contributed by atoms with E-state index < -0.39 is 18.4 Å². The summed E-state index contributed by atoms with van der Waals surface area (Å²) in [7, 11) is 0. The molecule has 0 aromatic heterocycles. The van der Waals surface area contributed by atoms with E-state index >= 15 is 0 Å². The van der Waals surface area contributed by atoms with Gasteiger partial charge >= 0.3 is 12.3 Å². The third-order valence-electron chi connectivity index (χ3n) is 3.07. The van der Waals surface area contributed by atoms with E-state index in [1.54, 1.807) is 4.90 Å². The number of aliphatic carboxylic acids is 1. The average Bonchev–Trinajstić information content (AvgIpc) is 2.40. The number of hydrogen-bond donors (Lipinski definition) is 1. The quantitative estimate of drug-likeness (QED) is 0.920. The van der Waals surface area contributed by atoms with Crippen molar-refractivity contribution in [2.75, 3.05) is 19.8 Å². The first-order valence-corrected chi connectivity index (χ1v) is 6.24. The minimum atomic E-state index is -4.72. The molecule has 0 radical (unpaired) electrons. The highest BCUT2D eigenvalue weighted by molar-refractivity contribution is 5.73. The van der Waals surface area contributed by atoms with Gasteiger partial charge < -0.3 is 14.6 Å². The fraction of sp³-hybridized carbons (Fsp3) is 0.462. The first-order valence-electron chi connectivity index (χ1n) is 6.24. The Labute approximate surface area is 118 Å². The van der Waals surface area contributed by atoms with Crippen LogP contribution in [0.4, 0.5) is 13.2 Å². The zero-order valence-electron chi connectivity index (χ0n) is 11.0. The number of carbonyl (C=O) groups is 1. The maximum absolute atomic E-state index is 12.0. The molecule has 0 amide bonds. The lowest BCUT2D eigenvalue weighted by Crippen LogP contribution is -2.49. The zero-order valence-corrected chi connectivity index (χ0v) is 11.0. The fourth-order valence-corrected chi connectivity index (χ4v) is 2.09. The van der Waals surface area contributed by atoms with Crippen molar-refractivity contribution in [1.29, 1.82) is 0 Å². The summed E-state index contributed by atoms with van der Waals surface area (Å²) < 4.78 is 45.0. The van der Waals surface area contributed by atoms with Gasteiger partial charge in [-0.15, -0.1) is 13.2 Å². The summed E-state index contributed by atoms with van der Waals surface area (Å²) in [6, 6.07) is 4.63. The molecule has 2 rings (SSSR count). The Kier molecular flexibility index (Phi) is 4.69. The summed E-state index contributed by atoms with van der Waals surface area (Å²) in [5.74, 6) is -1.28. The van der Waals surface area contributed by atoms with Gasteiger partial charge in [-0.2, -0.15) is 0 Å². The third kappa shape index (κ3) is 4.61. The van der Waals surface area contributed by atoms with Gasteiger partial charge in [0.1, 0.15) is 11.8 Å². The monoisotopic (exact) mass is 305 g/mol. The van der Waals surface area contributed by atoms with Crippen LogP contribution in [0.5, 0.6) is 5.75 Å². The molecule has 1 heterocycles. The van der Waals surface area contributed by atoms with E-state index in [4.69, 9.17) is 9.84 Å². The van der Waals surface area contributed by atoms with Crippen LogP contribution in [-0.2, 0) is 16.1 Å². The maximum Gasteiger partial charge on any atom is 0.573 e. The van der Waals surface area contributed by atoms with E-state index in [-0.39, 0.29) is 12.4 Å². The van der Waals surface area contributed by atoms with E-state index in [0.29, 0.717) is 25.3 Å². The minimum absolute atomic E-state index is 0.102. The van der Waals surface area contributed by atoms with Crippen molar-refractivity contribution in [2.45, 2.75) is 18.9 Å². The van der Waals surface area contributed by atoms with E-state index in [9.17, 15) is 18.0 Å². The molecule has 1 fully saturated rings. The maximum atomic E-state index is 12.0. The summed E-state index contributed by atoms with van der Waals surface area (Å²) in [6.45, 7) is 1.31. The van der Waals surface area contributed by atoms with Crippen LogP contribution in [-0.4, -0.2) is 48.1 Å². The van der Waals surface area contributed by atoms with Crippen molar-refractivity contribution in [3.05, 3.63) is 29.8 Å². The van der Waals surface area contributed by atoms with Crippen LogP contribution in [0.15, 0.2) is 24.3 Å². The number of carboxylic acids is 1. The second-order valence-electron chi connectivity index (χ2n) is 4.59. The van der Waals surface area contributed by atoms with Crippen LogP contribution in [0.25, 0.3) is 0 Å². The molecule has 1 unspecified atom stereocenters. The molecule has 5 nitrogen and oxygen atoms in total. The van der Waals surface area contributed by atoms with Crippen molar-refractivity contribution < 1.29 is 32.5 Å². The number of hydrogen-bond acceptors (Lipinski definition) is 4. The Hall–Kier alpha value is -1.80. The lowest BCUT2D eigenvalue weighted by molar-refractivity contribution is -0.274. The topological polar surface area (TPSA) is 59.0 Å². The van der Waals surface area contributed by atoms with Crippen molar-refractivity contribution in [1.82, 2.24) is 4.90 Å². The molecular weight excluding hydrogens is 291 g/mol. The first kappa shape index (κ1) is 15.6. The molecule has 1 aromatic rings. The highest BCUT2D eigenvalue weighted by Gasteiger charge is 2.31. The second kappa shape index (κ2) is 6.31. The van der Waals surface area contributed by atoms with Gasteiger partial charge in [0.25, 0.3) is 0 Å². The average molecular weight is 305 g/mol. The SMILES string of the molecule is O=C(O)C1COCCN1Cc1ccc(OC(F)(F)F)cc1. The van der Waals surface area contributed by atoms with Crippen LogP contribution < -0.4 is 4.74 Å². The summed E-state index contributed by atoms with van der Waals surface area (Å²) in [4.78, 5) is 12.8. The molecule has 1 N–H and O–H groups in total. The predicted octanol–water partition coefficient (Wildman–Crippen LogP) is 1.87. The fourth-order valence-electron chi connectivity index (χ4n) is 2.09. The highest BCUT2D eigenvalue weighted by Crippen LogP contribution is 2.23. The Balaban J connectivity index is 2.00. The Morgan fingerprint density at radius 1 is 1.38 bits per heavy atom. The Bertz CT molecular complexity index is 489. The predicted molar refractivity (Wildman–Crippen MR) is 65.8 cm³/mol. The molecule has 0 saturated carbocycles. The number of benzene rings is 1. The van der Waals surface area contributed by atoms with Gasteiger partial charge in [-0.3, -0.25) is 9.69 Å². The third-order valence-corrected chi connectivity index (χ3v) is 3.07. The Morgan fingerprint density at radius 3 is 2.62 bits per heavy atom. The van der Waals surface area contributed by atoms with E-state index in [0.717, 1.165) is 0 Å². The smallest absolute Gasteiger partial charge is 0.480 e. The van der Waals surface area contributed by atoms with E-state index in [1.165, 1.54) is 24.3 Å². The molecule has 1 aromatic carbocycles. The molecule has 1 saturated heterocycles. The molecule has 1 atom stereocenters. The molecule has 0 aliphatic carbocycles. The minimum Gasteiger partial charge on any atom is -0.480 e. The van der Waals surface area contributed by atoms with Gasteiger partial charge in [0.2, 0.25) is 0 Å². The number of rotatable bonds is 4. The Morgan fingerprint density at radius 2 is 2.05 bits per heavy atom. The molecule has 0 spiro atoms. The normalized spacial score (nSPS) is 20.2. The zero-order chi connectivity index (χ0) is 15.5. The number of halogens is 3. The van der Waals surface area contributed by atoms with Gasteiger partial charge in [-0.1, -0.05) is 12.1 Å². The van der Waals surface area contributed by atoms with Crippen LogP contribution >= 0.6 is 0 Å². The molecule has 116 valence electrons. The van der Waals surface area contributed by atoms with Gasteiger partial charge in [-0.05, 0) is 17.7 Å². The molecule has 1 aliphatic rings.